The number of hydrogen-bond acceptors (Lipinski definition) is 2. The molecule has 32 heavy (non-hydrogen) atoms. The molecule has 0 bridgehead atoms. The van der Waals surface area contributed by atoms with Crippen molar-refractivity contribution in [3.8, 4) is 0 Å². The first-order chi connectivity index (χ1) is 15.3. The van der Waals surface area contributed by atoms with Gasteiger partial charge in [0.05, 0.1) is 0 Å². The molecule has 1 fully saturated rings. The minimum atomic E-state index is 0.0415. The molecule has 0 atom stereocenters. The molecule has 0 saturated heterocycles. The quantitative estimate of drug-likeness (QED) is 0.471. The number of aromatic nitrogens is 1. The van der Waals surface area contributed by atoms with Crippen molar-refractivity contribution in [2.24, 2.45) is 5.92 Å². The molecule has 1 N–H and O–H groups in total. The summed E-state index contributed by atoms with van der Waals surface area (Å²) in [6, 6.07) is 17.4. The molecule has 170 valence electrons. The minimum absolute atomic E-state index is 0.0415. The van der Waals surface area contributed by atoms with Crippen LogP contribution >= 0.6 is 0 Å². The molecule has 0 spiro atoms. The van der Waals surface area contributed by atoms with Crippen LogP contribution in [0.2, 0.25) is 0 Å². The summed E-state index contributed by atoms with van der Waals surface area (Å²) in [6.07, 6.45) is 6.68. The second-order valence-electron chi connectivity index (χ2n) is 10.8. The molecule has 1 aliphatic rings. The van der Waals surface area contributed by atoms with E-state index in [1.807, 2.05) is 0 Å². The lowest BCUT2D eigenvalue weighted by Gasteiger charge is -2.30. The Hall–Kier alpha value is -2.39. The normalized spacial score (nSPS) is 15.5. The molecule has 0 unspecified atom stereocenters. The summed E-state index contributed by atoms with van der Waals surface area (Å²) >= 11 is 0. The fourth-order valence-electron chi connectivity index (χ4n) is 5.01. The van der Waals surface area contributed by atoms with Crippen molar-refractivity contribution >= 4 is 10.9 Å². The molecule has 0 amide bonds. The first-order valence-corrected chi connectivity index (χ1v) is 12.2. The summed E-state index contributed by atoms with van der Waals surface area (Å²) in [5.74, 6) is 0.736. The van der Waals surface area contributed by atoms with E-state index in [1.54, 1.807) is 0 Å². The van der Waals surface area contributed by atoms with Crippen LogP contribution in [0.15, 0.2) is 53.3 Å². The van der Waals surface area contributed by atoms with E-state index < -0.39 is 0 Å². The van der Waals surface area contributed by atoms with Gasteiger partial charge in [-0.1, -0.05) is 76.4 Å². The molecule has 1 saturated carbocycles. The summed E-state index contributed by atoms with van der Waals surface area (Å²) in [7, 11) is 0. The number of aryl methyl sites for hydroxylation is 1. The van der Waals surface area contributed by atoms with Crippen molar-refractivity contribution in [2.75, 3.05) is 6.54 Å². The topological polar surface area (TPSA) is 36.1 Å². The van der Waals surface area contributed by atoms with Gasteiger partial charge in [-0.05, 0) is 65.3 Å². The molecule has 2 aromatic carbocycles. The first-order valence-electron chi connectivity index (χ1n) is 12.2. The molecule has 3 heteroatoms. The van der Waals surface area contributed by atoms with Gasteiger partial charge in [0.15, 0.2) is 0 Å². The zero-order chi connectivity index (χ0) is 22.7. The number of nitrogens with one attached hydrogen (secondary N) is 1. The molecule has 1 aliphatic carbocycles. The Morgan fingerprint density at radius 3 is 2.34 bits per heavy atom. The lowest BCUT2D eigenvalue weighted by atomic mass is 9.86. The molecule has 0 aliphatic heterocycles. The Balaban J connectivity index is 1.57. The molecule has 1 heterocycles. The summed E-state index contributed by atoms with van der Waals surface area (Å²) in [4.78, 5) is 18.5. The van der Waals surface area contributed by atoms with Gasteiger partial charge in [-0.3, -0.25) is 9.69 Å². The number of benzene rings is 2. The molecule has 1 aromatic heterocycles. The second kappa shape index (κ2) is 9.62. The number of fused-ring (bicyclic) bond motifs is 1. The van der Waals surface area contributed by atoms with E-state index >= 15 is 0 Å². The van der Waals surface area contributed by atoms with Crippen LogP contribution in [-0.2, 0) is 18.5 Å². The summed E-state index contributed by atoms with van der Waals surface area (Å²) in [6.45, 7) is 11.5. The van der Waals surface area contributed by atoms with Crippen molar-refractivity contribution in [3.63, 3.8) is 0 Å². The third-order valence-corrected chi connectivity index (χ3v) is 6.94. The molecular weight excluding hydrogens is 392 g/mol. The third kappa shape index (κ3) is 5.69. The SMILES string of the molecule is Cc1ccc2cc(CN(Cc3ccc(C(C)(C)C)cc3)CC3CCCCC3)c(=O)[nH]c2c1. The van der Waals surface area contributed by atoms with Gasteiger partial charge in [-0.15, -0.1) is 0 Å². The van der Waals surface area contributed by atoms with Gasteiger partial charge in [-0.2, -0.15) is 0 Å². The van der Waals surface area contributed by atoms with Crippen LogP contribution in [0.3, 0.4) is 0 Å². The fraction of sp³-hybridized carbons (Fsp3) is 0.483. The van der Waals surface area contributed by atoms with E-state index in [1.165, 1.54) is 48.8 Å². The highest BCUT2D eigenvalue weighted by Crippen LogP contribution is 2.27. The number of aromatic amines is 1. The van der Waals surface area contributed by atoms with Crippen LogP contribution in [0.4, 0.5) is 0 Å². The highest BCUT2D eigenvalue weighted by atomic mass is 16.1. The molecule has 3 aromatic rings. The number of nitrogens with zero attached hydrogens (tertiary/aromatic N) is 1. The molecular formula is C29H38N2O. The van der Waals surface area contributed by atoms with Gasteiger partial charge >= 0.3 is 0 Å². The van der Waals surface area contributed by atoms with Crippen molar-refractivity contribution < 1.29 is 0 Å². The van der Waals surface area contributed by atoms with E-state index in [0.717, 1.165) is 35.5 Å². The minimum Gasteiger partial charge on any atom is -0.322 e. The number of pyridine rings is 1. The Kier molecular flexibility index (Phi) is 6.85. The van der Waals surface area contributed by atoms with E-state index in [2.05, 4.69) is 86.1 Å². The van der Waals surface area contributed by atoms with Gasteiger partial charge < -0.3 is 4.98 Å². The zero-order valence-corrected chi connectivity index (χ0v) is 20.2. The Bertz CT molecular complexity index is 1100. The van der Waals surface area contributed by atoms with Crippen LogP contribution in [0.1, 0.15) is 75.1 Å². The summed E-state index contributed by atoms with van der Waals surface area (Å²) in [5.41, 5.74) is 5.84. The van der Waals surface area contributed by atoms with Crippen molar-refractivity contribution in [3.05, 3.63) is 81.1 Å². The van der Waals surface area contributed by atoms with Gasteiger partial charge in [0.2, 0.25) is 0 Å². The van der Waals surface area contributed by atoms with Crippen LogP contribution in [-0.4, -0.2) is 16.4 Å². The number of H-pyrrole nitrogens is 1. The van der Waals surface area contributed by atoms with Crippen molar-refractivity contribution in [1.82, 2.24) is 9.88 Å². The van der Waals surface area contributed by atoms with Crippen LogP contribution in [0.25, 0.3) is 10.9 Å². The van der Waals surface area contributed by atoms with E-state index in [0.29, 0.717) is 6.54 Å². The van der Waals surface area contributed by atoms with E-state index in [4.69, 9.17) is 0 Å². The standard InChI is InChI=1S/C29H38N2O/c1-21-10-13-24-17-25(28(32)30-27(24)16-21)20-31(18-22-8-6-5-7-9-22)19-23-11-14-26(15-12-23)29(2,3)4/h10-17,22H,5-9,18-20H2,1-4H3,(H,30,32). The van der Waals surface area contributed by atoms with Crippen molar-refractivity contribution in [1.29, 1.82) is 0 Å². The van der Waals surface area contributed by atoms with Gasteiger partial charge in [0, 0.05) is 30.7 Å². The van der Waals surface area contributed by atoms with E-state index in [9.17, 15) is 4.79 Å². The Morgan fingerprint density at radius 2 is 1.66 bits per heavy atom. The largest absolute Gasteiger partial charge is 0.322 e. The van der Waals surface area contributed by atoms with Gasteiger partial charge in [0.1, 0.15) is 0 Å². The lowest BCUT2D eigenvalue weighted by molar-refractivity contribution is 0.186. The van der Waals surface area contributed by atoms with Crippen molar-refractivity contribution in [2.45, 2.75) is 78.3 Å². The average Bonchev–Trinajstić information content (AvgIpc) is 2.75. The van der Waals surface area contributed by atoms with Crippen LogP contribution < -0.4 is 5.56 Å². The fourth-order valence-corrected chi connectivity index (χ4v) is 5.01. The van der Waals surface area contributed by atoms with Crippen LogP contribution in [0.5, 0.6) is 0 Å². The summed E-state index contributed by atoms with van der Waals surface area (Å²) < 4.78 is 0. The second-order valence-corrected chi connectivity index (χ2v) is 10.8. The Morgan fingerprint density at radius 1 is 0.938 bits per heavy atom. The third-order valence-electron chi connectivity index (χ3n) is 6.94. The molecule has 0 radical (unpaired) electrons. The lowest BCUT2D eigenvalue weighted by Crippen LogP contribution is -2.32. The van der Waals surface area contributed by atoms with E-state index in [-0.39, 0.29) is 11.0 Å². The van der Waals surface area contributed by atoms with Crippen LogP contribution in [0, 0.1) is 12.8 Å². The predicted octanol–water partition coefficient (Wildman–Crippen LogP) is 6.72. The maximum absolute atomic E-state index is 12.9. The first kappa shape index (κ1) is 22.8. The average molecular weight is 431 g/mol. The number of rotatable bonds is 6. The smallest absolute Gasteiger partial charge is 0.252 e. The van der Waals surface area contributed by atoms with Gasteiger partial charge in [-0.25, -0.2) is 0 Å². The molecule has 3 nitrogen and oxygen atoms in total. The monoisotopic (exact) mass is 430 g/mol. The van der Waals surface area contributed by atoms with Gasteiger partial charge in [0.25, 0.3) is 5.56 Å². The molecule has 4 rings (SSSR count). The maximum Gasteiger partial charge on any atom is 0.252 e. The maximum atomic E-state index is 12.9. The predicted molar refractivity (Wildman–Crippen MR) is 135 cm³/mol. The summed E-state index contributed by atoms with van der Waals surface area (Å²) in [5, 5.41) is 1.11. The Labute approximate surface area is 192 Å². The number of hydrogen-bond donors (Lipinski definition) is 1. The highest BCUT2D eigenvalue weighted by Gasteiger charge is 2.19. The zero-order valence-electron chi connectivity index (χ0n) is 20.2. The highest BCUT2D eigenvalue weighted by molar-refractivity contribution is 5.79.